The standard InChI is InChI=1S/C16H12F4N2O4S/c1-26-15(17,16(18,19)20)14(23)21-10-7-11(22(24)25)9-13(8-10)27-12-5-3-2-4-6-12/h2-9H,1H3,(H,21,23)/t15-/m0/s1. The molecule has 0 radical (unpaired) electrons. The quantitative estimate of drug-likeness (QED) is 0.434. The highest BCUT2D eigenvalue weighted by Gasteiger charge is 2.63. The van der Waals surface area contributed by atoms with Crippen LogP contribution in [0.1, 0.15) is 0 Å². The van der Waals surface area contributed by atoms with E-state index in [9.17, 15) is 32.5 Å². The van der Waals surface area contributed by atoms with Gasteiger partial charge in [-0.25, -0.2) is 0 Å². The Balaban J connectivity index is 2.36. The van der Waals surface area contributed by atoms with E-state index in [0.717, 1.165) is 17.8 Å². The first-order valence-electron chi connectivity index (χ1n) is 7.21. The van der Waals surface area contributed by atoms with Crippen LogP contribution in [0.15, 0.2) is 58.3 Å². The van der Waals surface area contributed by atoms with Crippen molar-refractivity contribution < 1.29 is 32.0 Å². The maximum absolute atomic E-state index is 13.9. The van der Waals surface area contributed by atoms with Gasteiger partial charge >= 0.3 is 12.0 Å². The molecule has 2 rings (SSSR count). The zero-order valence-electron chi connectivity index (χ0n) is 13.6. The van der Waals surface area contributed by atoms with Crippen molar-refractivity contribution in [3.63, 3.8) is 0 Å². The fraction of sp³-hybridized carbons (Fsp3) is 0.188. The molecule has 27 heavy (non-hydrogen) atoms. The number of methoxy groups -OCH3 is 1. The van der Waals surface area contributed by atoms with Gasteiger partial charge in [0.25, 0.3) is 11.6 Å². The number of rotatable bonds is 6. The molecule has 0 heterocycles. The van der Waals surface area contributed by atoms with E-state index in [1.54, 1.807) is 35.6 Å². The van der Waals surface area contributed by atoms with E-state index in [2.05, 4.69) is 4.74 Å². The van der Waals surface area contributed by atoms with E-state index in [1.165, 1.54) is 12.1 Å². The van der Waals surface area contributed by atoms with Crippen LogP contribution in [0.25, 0.3) is 0 Å². The number of halogens is 4. The number of non-ortho nitro benzene ring substituents is 1. The number of nitro benzene ring substituents is 1. The lowest BCUT2D eigenvalue weighted by atomic mass is 10.2. The average Bonchev–Trinajstić information content (AvgIpc) is 2.60. The number of nitrogens with zero attached hydrogens (tertiary/aromatic N) is 1. The fourth-order valence-electron chi connectivity index (χ4n) is 1.99. The van der Waals surface area contributed by atoms with Gasteiger partial charge in [-0.3, -0.25) is 14.9 Å². The first-order chi connectivity index (χ1) is 12.6. The summed E-state index contributed by atoms with van der Waals surface area (Å²) in [5.74, 6) is -6.74. The summed E-state index contributed by atoms with van der Waals surface area (Å²) in [6.45, 7) is 0. The van der Waals surface area contributed by atoms with Crippen LogP contribution in [0, 0.1) is 10.1 Å². The summed E-state index contributed by atoms with van der Waals surface area (Å²) in [4.78, 5) is 23.0. The van der Waals surface area contributed by atoms with Crippen molar-refractivity contribution in [1.82, 2.24) is 0 Å². The smallest absolute Gasteiger partial charge is 0.335 e. The molecule has 0 saturated carbocycles. The molecule has 0 aliphatic rings. The van der Waals surface area contributed by atoms with Gasteiger partial charge < -0.3 is 10.1 Å². The van der Waals surface area contributed by atoms with Gasteiger partial charge in [0.1, 0.15) is 0 Å². The molecule has 0 aliphatic heterocycles. The number of nitrogens with one attached hydrogen (secondary N) is 1. The van der Waals surface area contributed by atoms with E-state index in [4.69, 9.17) is 0 Å². The number of carbonyl (C=O) groups excluding carboxylic acids is 1. The summed E-state index contributed by atoms with van der Waals surface area (Å²) in [7, 11) is 0.386. The van der Waals surface area contributed by atoms with Crippen molar-refractivity contribution in [2.45, 2.75) is 21.8 Å². The molecule has 11 heteroatoms. The second-order valence-electron chi connectivity index (χ2n) is 5.14. The van der Waals surface area contributed by atoms with Crippen LogP contribution in [0.5, 0.6) is 0 Å². The Bertz CT molecular complexity index is 848. The van der Waals surface area contributed by atoms with Gasteiger partial charge in [0.2, 0.25) is 0 Å². The third-order valence-corrected chi connectivity index (χ3v) is 4.26. The average molecular weight is 404 g/mol. The minimum Gasteiger partial charge on any atom is -0.335 e. The molecule has 144 valence electrons. The predicted octanol–water partition coefficient (Wildman–Crippen LogP) is 4.56. The molecule has 1 atom stereocenters. The molecule has 0 bridgehead atoms. The zero-order valence-corrected chi connectivity index (χ0v) is 14.4. The van der Waals surface area contributed by atoms with Gasteiger partial charge in [-0.2, -0.15) is 17.6 Å². The van der Waals surface area contributed by atoms with Crippen LogP contribution in [-0.4, -0.2) is 30.0 Å². The zero-order chi connectivity index (χ0) is 20.2. The largest absolute Gasteiger partial charge is 0.458 e. The molecule has 6 nitrogen and oxygen atoms in total. The molecule has 0 saturated heterocycles. The Morgan fingerprint density at radius 3 is 2.26 bits per heavy atom. The number of hydrogen-bond donors (Lipinski definition) is 1. The second kappa shape index (κ2) is 7.92. The molecule has 0 fully saturated rings. The number of amides is 1. The summed E-state index contributed by atoms with van der Waals surface area (Å²) in [6.07, 6.45) is -5.63. The maximum atomic E-state index is 13.9. The number of anilines is 1. The number of carbonyl (C=O) groups is 1. The van der Waals surface area contributed by atoms with Crippen molar-refractivity contribution >= 4 is 29.0 Å². The van der Waals surface area contributed by atoms with Gasteiger partial charge in [0, 0.05) is 34.7 Å². The first-order valence-corrected chi connectivity index (χ1v) is 8.03. The summed E-state index contributed by atoms with van der Waals surface area (Å²) >= 11 is 1.08. The fourth-order valence-corrected chi connectivity index (χ4v) is 2.92. The minimum atomic E-state index is -5.63. The molecule has 0 spiro atoms. The van der Waals surface area contributed by atoms with Crippen molar-refractivity contribution in [1.29, 1.82) is 0 Å². The molecule has 0 unspecified atom stereocenters. The summed E-state index contributed by atoms with van der Waals surface area (Å²) < 4.78 is 55.9. The lowest BCUT2D eigenvalue weighted by Crippen LogP contribution is -2.52. The van der Waals surface area contributed by atoms with Gasteiger partial charge in [-0.15, -0.1) is 0 Å². The highest BCUT2D eigenvalue weighted by Crippen LogP contribution is 2.37. The van der Waals surface area contributed by atoms with Crippen molar-refractivity contribution in [3.05, 3.63) is 58.6 Å². The minimum absolute atomic E-state index is 0.264. The number of ether oxygens (including phenoxy) is 1. The molecule has 2 aromatic rings. The van der Waals surface area contributed by atoms with Crippen molar-refractivity contribution in [2.24, 2.45) is 0 Å². The van der Waals surface area contributed by atoms with Crippen LogP contribution in [0.4, 0.5) is 28.9 Å². The van der Waals surface area contributed by atoms with Gasteiger partial charge in [0.15, 0.2) is 0 Å². The van der Waals surface area contributed by atoms with E-state index in [-0.39, 0.29) is 10.6 Å². The van der Waals surface area contributed by atoms with E-state index in [0.29, 0.717) is 12.0 Å². The lowest BCUT2D eigenvalue weighted by molar-refractivity contribution is -0.385. The lowest BCUT2D eigenvalue weighted by Gasteiger charge is -2.24. The maximum Gasteiger partial charge on any atom is 0.458 e. The SMILES string of the molecule is CO[C@@](F)(C(=O)Nc1cc(Sc2ccccc2)cc([N+](=O)[O-])c1)C(F)(F)F. The second-order valence-corrected chi connectivity index (χ2v) is 6.29. The normalized spacial score (nSPS) is 13.7. The Labute approximate surface area is 154 Å². The van der Waals surface area contributed by atoms with Crippen molar-refractivity contribution in [3.8, 4) is 0 Å². The highest BCUT2D eigenvalue weighted by molar-refractivity contribution is 7.99. The van der Waals surface area contributed by atoms with Gasteiger partial charge in [0.05, 0.1) is 4.92 Å². The van der Waals surface area contributed by atoms with Crippen LogP contribution >= 0.6 is 11.8 Å². The van der Waals surface area contributed by atoms with Crippen LogP contribution in [-0.2, 0) is 9.53 Å². The summed E-state index contributed by atoms with van der Waals surface area (Å²) in [5, 5.41) is 12.7. The van der Waals surface area contributed by atoms with E-state index < -0.39 is 28.5 Å². The summed E-state index contributed by atoms with van der Waals surface area (Å²) in [5.41, 5.74) is -0.865. The molecule has 0 aliphatic carbocycles. The highest BCUT2D eigenvalue weighted by atomic mass is 32.2. The Hall–Kier alpha value is -2.66. The Kier molecular flexibility index (Phi) is 6.06. The van der Waals surface area contributed by atoms with Gasteiger partial charge in [-0.1, -0.05) is 30.0 Å². The third-order valence-electron chi connectivity index (χ3n) is 3.28. The number of hydrogen-bond acceptors (Lipinski definition) is 5. The number of alkyl halides is 4. The van der Waals surface area contributed by atoms with Crippen LogP contribution < -0.4 is 5.32 Å². The molecule has 1 N–H and O–H groups in total. The molecular weight excluding hydrogens is 392 g/mol. The molecular formula is C16H12F4N2O4S. The molecule has 2 aromatic carbocycles. The summed E-state index contributed by atoms with van der Waals surface area (Å²) in [6, 6.07) is 11.8. The van der Waals surface area contributed by atoms with Crippen LogP contribution in [0.2, 0.25) is 0 Å². The van der Waals surface area contributed by atoms with E-state index >= 15 is 0 Å². The first kappa shape index (κ1) is 20.6. The Morgan fingerprint density at radius 2 is 1.74 bits per heavy atom. The molecule has 1 amide bonds. The Morgan fingerprint density at radius 1 is 1.11 bits per heavy atom. The number of nitro groups is 1. The number of benzene rings is 2. The van der Waals surface area contributed by atoms with Crippen LogP contribution in [0.3, 0.4) is 0 Å². The topological polar surface area (TPSA) is 81.5 Å². The van der Waals surface area contributed by atoms with Gasteiger partial charge in [-0.05, 0) is 18.2 Å². The monoisotopic (exact) mass is 404 g/mol. The third kappa shape index (κ3) is 4.74. The van der Waals surface area contributed by atoms with E-state index in [1.807, 2.05) is 0 Å². The van der Waals surface area contributed by atoms with Crippen molar-refractivity contribution in [2.75, 3.05) is 12.4 Å². The molecule has 0 aromatic heterocycles. The predicted molar refractivity (Wildman–Crippen MR) is 89.2 cm³/mol.